The monoisotopic (exact) mass is 349 g/mol. The van der Waals surface area contributed by atoms with E-state index < -0.39 is 17.0 Å². The predicted octanol–water partition coefficient (Wildman–Crippen LogP) is 2.97. The number of aliphatic hydroxyl groups excluding tert-OH is 1. The van der Waals surface area contributed by atoms with E-state index >= 15 is 0 Å². The fraction of sp³-hybridized carbons (Fsp3) is 0.188. The number of non-ortho nitro benzene ring substituents is 1. The van der Waals surface area contributed by atoms with Gasteiger partial charge < -0.3 is 15.7 Å². The van der Waals surface area contributed by atoms with Crippen molar-refractivity contribution in [2.24, 2.45) is 0 Å². The number of nitrogens with zero attached hydrogens (tertiary/aromatic N) is 1. The quantitative estimate of drug-likeness (QED) is 0.550. The third-order valence-corrected chi connectivity index (χ3v) is 3.60. The number of nitro benzene ring substituents is 1. The molecule has 8 heteroatoms. The first-order chi connectivity index (χ1) is 11.5. The van der Waals surface area contributed by atoms with E-state index in [1.807, 2.05) is 30.3 Å². The number of hydrogen-bond donors (Lipinski definition) is 3. The molecule has 3 N–H and O–H groups in total. The summed E-state index contributed by atoms with van der Waals surface area (Å²) < 4.78 is 0. The van der Waals surface area contributed by atoms with E-state index in [1.165, 1.54) is 12.1 Å². The predicted molar refractivity (Wildman–Crippen MR) is 91.3 cm³/mol. The van der Waals surface area contributed by atoms with Gasteiger partial charge in [0.2, 0.25) is 0 Å². The Bertz CT molecular complexity index is 725. The highest BCUT2D eigenvalue weighted by Crippen LogP contribution is 2.26. The van der Waals surface area contributed by atoms with Crippen LogP contribution >= 0.6 is 11.6 Å². The number of anilines is 1. The average molecular weight is 350 g/mol. The minimum Gasteiger partial charge on any atom is -0.394 e. The van der Waals surface area contributed by atoms with Crippen molar-refractivity contribution in [2.75, 3.05) is 11.9 Å². The maximum atomic E-state index is 12.0. The van der Waals surface area contributed by atoms with Crippen LogP contribution in [-0.2, 0) is 6.42 Å². The Labute approximate surface area is 143 Å². The lowest BCUT2D eigenvalue weighted by atomic mass is 10.1. The first kappa shape index (κ1) is 17.7. The van der Waals surface area contributed by atoms with Gasteiger partial charge in [0.05, 0.1) is 28.3 Å². The van der Waals surface area contributed by atoms with Gasteiger partial charge in [0, 0.05) is 12.1 Å². The van der Waals surface area contributed by atoms with Gasteiger partial charge in [0.25, 0.3) is 5.69 Å². The number of nitrogens with one attached hydrogen (secondary N) is 2. The number of rotatable bonds is 6. The molecule has 0 radical (unpaired) electrons. The Balaban J connectivity index is 1.97. The summed E-state index contributed by atoms with van der Waals surface area (Å²) in [6, 6.07) is 12.2. The average Bonchev–Trinajstić information content (AvgIpc) is 2.56. The van der Waals surface area contributed by atoms with Crippen molar-refractivity contribution >= 4 is 29.0 Å². The Kier molecular flexibility index (Phi) is 6.11. The molecule has 0 aromatic heterocycles. The Morgan fingerprint density at radius 1 is 1.25 bits per heavy atom. The molecule has 0 fully saturated rings. The third kappa shape index (κ3) is 4.94. The van der Waals surface area contributed by atoms with E-state index in [4.69, 9.17) is 11.6 Å². The molecule has 7 nitrogen and oxygen atoms in total. The molecule has 0 aliphatic heterocycles. The molecule has 2 amide bonds. The van der Waals surface area contributed by atoms with Crippen molar-refractivity contribution in [3.63, 3.8) is 0 Å². The summed E-state index contributed by atoms with van der Waals surface area (Å²) in [4.78, 5) is 22.1. The summed E-state index contributed by atoms with van der Waals surface area (Å²) in [5.74, 6) is 0. The van der Waals surface area contributed by atoms with E-state index in [9.17, 15) is 20.0 Å². The molecule has 0 bridgehead atoms. The second-order valence-corrected chi connectivity index (χ2v) is 5.50. The van der Waals surface area contributed by atoms with E-state index in [1.54, 1.807) is 0 Å². The molecule has 2 aromatic rings. The molecule has 0 heterocycles. The Morgan fingerprint density at radius 3 is 2.54 bits per heavy atom. The molecular weight excluding hydrogens is 334 g/mol. The van der Waals surface area contributed by atoms with Gasteiger partial charge in [-0.1, -0.05) is 41.9 Å². The summed E-state index contributed by atoms with van der Waals surface area (Å²) in [5, 5.41) is 25.3. The van der Waals surface area contributed by atoms with E-state index in [2.05, 4.69) is 10.6 Å². The Hall–Kier alpha value is -2.64. The van der Waals surface area contributed by atoms with Gasteiger partial charge >= 0.3 is 6.03 Å². The fourth-order valence-electron chi connectivity index (χ4n) is 2.12. The standard InChI is InChI=1S/C16H16ClN3O4/c17-14-9-13(20(23)24)6-7-15(14)19-16(22)18-12(10-21)8-11-4-2-1-3-5-11/h1-7,9,12,21H,8,10H2,(H2,18,19,22). The van der Waals surface area contributed by atoms with Crippen LogP contribution < -0.4 is 10.6 Å². The smallest absolute Gasteiger partial charge is 0.319 e. The second kappa shape index (κ2) is 8.28. The summed E-state index contributed by atoms with van der Waals surface area (Å²) >= 11 is 5.92. The van der Waals surface area contributed by atoms with Crippen LogP contribution in [0.2, 0.25) is 5.02 Å². The molecule has 2 rings (SSSR count). The van der Waals surface area contributed by atoms with Gasteiger partial charge in [-0.25, -0.2) is 4.79 Å². The lowest BCUT2D eigenvalue weighted by molar-refractivity contribution is -0.384. The van der Waals surface area contributed by atoms with Gasteiger partial charge in [-0.3, -0.25) is 10.1 Å². The number of halogens is 1. The van der Waals surface area contributed by atoms with Crippen LogP contribution in [0.25, 0.3) is 0 Å². The Morgan fingerprint density at radius 2 is 1.96 bits per heavy atom. The molecule has 1 unspecified atom stereocenters. The normalized spacial score (nSPS) is 11.6. The highest BCUT2D eigenvalue weighted by molar-refractivity contribution is 6.33. The lowest BCUT2D eigenvalue weighted by Crippen LogP contribution is -2.41. The molecule has 24 heavy (non-hydrogen) atoms. The van der Waals surface area contributed by atoms with Crippen LogP contribution in [0.5, 0.6) is 0 Å². The molecule has 0 aliphatic carbocycles. The van der Waals surface area contributed by atoms with Crippen molar-refractivity contribution in [3.8, 4) is 0 Å². The summed E-state index contributed by atoms with van der Waals surface area (Å²) in [6.07, 6.45) is 0.471. The van der Waals surface area contributed by atoms with Crippen molar-refractivity contribution in [1.82, 2.24) is 5.32 Å². The van der Waals surface area contributed by atoms with Crippen molar-refractivity contribution < 1.29 is 14.8 Å². The zero-order valence-corrected chi connectivity index (χ0v) is 13.4. The maximum absolute atomic E-state index is 12.0. The third-order valence-electron chi connectivity index (χ3n) is 3.29. The summed E-state index contributed by atoms with van der Waals surface area (Å²) in [6.45, 7) is -0.226. The number of hydrogen-bond acceptors (Lipinski definition) is 4. The second-order valence-electron chi connectivity index (χ2n) is 5.09. The zero-order chi connectivity index (χ0) is 17.5. The number of carbonyl (C=O) groups excluding carboxylic acids is 1. The lowest BCUT2D eigenvalue weighted by Gasteiger charge is -2.17. The van der Waals surface area contributed by atoms with E-state index in [0.29, 0.717) is 6.42 Å². The van der Waals surface area contributed by atoms with Gasteiger partial charge in [0.15, 0.2) is 0 Å². The summed E-state index contributed by atoms with van der Waals surface area (Å²) in [5.41, 5.74) is 1.06. The van der Waals surface area contributed by atoms with Gasteiger partial charge in [-0.15, -0.1) is 0 Å². The van der Waals surface area contributed by atoms with Crippen molar-refractivity contribution in [1.29, 1.82) is 0 Å². The van der Waals surface area contributed by atoms with Crippen LogP contribution in [-0.4, -0.2) is 28.7 Å². The van der Waals surface area contributed by atoms with Crippen molar-refractivity contribution in [3.05, 3.63) is 69.2 Å². The highest BCUT2D eigenvalue weighted by atomic mass is 35.5. The number of nitro groups is 1. The SMILES string of the molecule is O=C(Nc1ccc([N+](=O)[O-])cc1Cl)NC(CO)Cc1ccccc1. The van der Waals surface area contributed by atoms with Crippen LogP contribution in [0.4, 0.5) is 16.2 Å². The van der Waals surface area contributed by atoms with Gasteiger partial charge in [-0.05, 0) is 18.1 Å². The van der Waals surface area contributed by atoms with Crippen LogP contribution in [0.1, 0.15) is 5.56 Å². The molecule has 0 saturated heterocycles. The van der Waals surface area contributed by atoms with Crippen LogP contribution in [0.15, 0.2) is 48.5 Å². The number of urea groups is 1. The number of carbonyl (C=O) groups is 1. The van der Waals surface area contributed by atoms with E-state index in [-0.39, 0.29) is 23.0 Å². The fourth-order valence-corrected chi connectivity index (χ4v) is 2.34. The van der Waals surface area contributed by atoms with E-state index in [0.717, 1.165) is 11.6 Å². The molecule has 2 aromatic carbocycles. The first-order valence-electron chi connectivity index (χ1n) is 7.16. The van der Waals surface area contributed by atoms with Crippen LogP contribution in [0, 0.1) is 10.1 Å². The number of benzene rings is 2. The van der Waals surface area contributed by atoms with Crippen molar-refractivity contribution in [2.45, 2.75) is 12.5 Å². The first-order valence-corrected chi connectivity index (χ1v) is 7.53. The molecular formula is C16H16ClN3O4. The summed E-state index contributed by atoms with van der Waals surface area (Å²) in [7, 11) is 0. The highest BCUT2D eigenvalue weighted by Gasteiger charge is 2.15. The topological polar surface area (TPSA) is 104 Å². The maximum Gasteiger partial charge on any atom is 0.319 e. The molecule has 1 atom stereocenters. The molecule has 0 aliphatic rings. The van der Waals surface area contributed by atoms with Crippen LogP contribution in [0.3, 0.4) is 0 Å². The molecule has 0 saturated carbocycles. The number of aliphatic hydroxyl groups is 1. The van der Waals surface area contributed by atoms with Gasteiger partial charge in [-0.2, -0.15) is 0 Å². The number of amides is 2. The minimum atomic E-state index is -0.572. The van der Waals surface area contributed by atoms with Gasteiger partial charge in [0.1, 0.15) is 0 Å². The zero-order valence-electron chi connectivity index (χ0n) is 12.6. The minimum absolute atomic E-state index is 0.0583. The molecule has 0 spiro atoms. The largest absolute Gasteiger partial charge is 0.394 e. The molecule has 126 valence electrons.